The molecule has 132 valence electrons. The van der Waals surface area contributed by atoms with Crippen LogP contribution in [0, 0.1) is 11.8 Å². The molecule has 5 heteroatoms. The van der Waals surface area contributed by atoms with E-state index in [1.807, 2.05) is 6.20 Å². The standard InChI is InChI=1S/C19H30N4O/c1-3-4-9-20-18(24)15-5-6-17-16(12-15)13-21-19(22-17)23-10-7-14(2)8-11-23/h13-15H,3-12H2,1-2H3,(H,20,24). The fraction of sp³-hybridized carbons (Fsp3) is 0.737. The van der Waals surface area contributed by atoms with E-state index in [1.165, 1.54) is 12.8 Å². The van der Waals surface area contributed by atoms with Crippen LogP contribution in [0.3, 0.4) is 0 Å². The Kier molecular flexibility index (Phi) is 5.69. The summed E-state index contributed by atoms with van der Waals surface area (Å²) in [5.74, 6) is 1.97. The summed E-state index contributed by atoms with van der Waals surface area (Å²) in [5.41, 5.74) is 2.31. The van der Waals surface area contributed by atoms with Gasteiger partial charge in [0, 0.05) is 37.4 Å². The topological polar surface area (TPSA) is 58.1 Å². The molecule has 0 bridgehead atoms. The van der Waals surface area contributed by atoms with Crippen molar-refractivity contribution in [3.63, 3.8) is 0 Å². The SMILES string of the molecule is CCCCNC(=O)C1CCc2nc(N3CCC(C)CC3)ncc2C1. The van der Waals surface area contributed by atoms with E-state index >= 15 is 0 Å². The van der Waals surface area contributed by atoms with Crippen LogP contribution in [0.1, 0.15) is 57.2 Å². The molecule has 1 aromatic rings. The van der Waals surface area contributed by atoms with E-state index < -0.39 is 0 Å². The fourth-order valence-corrected chi connectivity index (χ4v) is 3.61. The van der Waals surface area contributed by atoms with Crippen molar-refractivity contribution in [2.75, 3.05) is 24.5 Å². The highest BCUT2D eigenvalue weighted by Crippen LogP contribution is 2.27. The third kappa shape index (κ3) is 4.05. The van der Waals surface area contributed by atoms with E-state index in [0.717, 1.165) is 74.9 Å². The van der Waals surface area contributed by atoms with Crippen molar-refractivity contribution in [3.8, 4) is 0 Å². The maximum atomic E-state index is 12.3. The van der Waals surface area contributed by atoms with E-state index in [9.17, 15) is 4.79 Å². The summed E-state index contributed by atoms with van der Waals surface area (Å²) < 4.78 is 0. The molecule has 1 amide bonds. The number of fused-ring (bicyclic) bond motifs is 1. The van der Waals surface area contributed by atoms with Gasteiger partial charge in [-0.1, -0.05) is 20.3 Å². The van der Waals surface area contributed by atoms with Gasteiger partial charge in [-0.25, -0.2) is 9.97 Å². The molecule has 24 heavy (non-hydrogen) atoms. The van der Waals surface area contributed by atoms with Crippen LogP contribution >= 0.6 is 0 Å². The number of aryl methyl sites for hydroxylation is 1. The summed E-state index contributed by atoms with van der Waals surface area (Å²) in [6.45, 7) is 7.37. The number of unbranched alkanes of at least 4 members (excludes halogenated alkanes) is 1. The van der Waals surface area contributed by atoms with Crippen LogP contribution in [-0.2, 0) is 17.6 Å². The van der Waals surface area contributed by atoms with E-state index in [-0.39, 0.29) is 11.8 Å². The third-order valence-corrected chi connectivity index (χ3v) is 5.40. The number of hydrogen-bond donors (Lipinski definition) is 1. The van der Waals surface area contributed by atoms with E-state index in [2.05, 4.69) is 29.0 Å². The second kappa shape index (κ2) is 7.95. The van der Waals surface area contributed by atoms with E-state index in [4.69, 9.17) is 4.98 Å². The molecule has 1 aromatic heterocycles. The predicted octanol–water partition coefficient (Wildman–Crippen LogP) is 2.73. The lowest BCUT2D eigenvalue weighted by Crippen LogP contribution is -2.36. The molecule has 0 saturated carbocycles. The van der Waals surface area contributed by atoms with Gasteiger partial charge in [-0.3, -0.25) is 4.79 Å². The number of rotatable bonds is 5. The summed E-state index contributed by atoms with van der Waals surface area (Å²) in [6, 6.07) is 0. The zero-order valence-electron chi connectivity index (χ0n) is 15.1. The van der Waals surface area contributed by atoms with Crippen molar-refractivity contribution in [3.05, 3.63) is 17.5 Å². The number of carbonyl (C=O) groups is 1. The lowest BCUT2D eigenvalue weighted by Gasteiger charge is -2.31. The Morgan fingerprint density at radius 2 is 2.12 bits per heavy atom. The summed E-state index contributed by atoms with van der Waals surface area (Å²) in [7, 11) is 0. The van der Waals surface area contributed by atoms with Crippen LogP contribution in [-0.4, -0.2) is 35.5 Å². The number of hydrogen-bond acceptors (Lipinski definition) is 4. The van der Waals surface area contributed by atoms with Crippen LogP contribution in [0.15, 0.2) is 6.20 Å². The van der Waals surface area contributed by atoms with Gasteiger partial charge >= 0.3 is 0 Å². The monoisotopic (exact) mass is 330 g/mol. The molecule has 0 spiro atoms. The molecule has 5 nitrogen and oxygen atoms in total. The van der Waals surface area contributed by atoms with Crippen molar-refractivity contribution in [2.45, 2.75) is 58.8 Å². The molecular formula is C19H30N4O. The summed E-state index contributed by atoms with van der Waals surface area (Å²) in [6.07, 6.45) is 9.14. The van der Waals surface area contributed by atoms with E-state index in [1.54, 1.807) is 0 Å². The number of anilines is 1. The Labute approximate surface area is 145 Å². The van der Waals surface area contributed by atoms with Gasteiger partial charge in [0.15, 0.2) is 0 Å². The molecule has 1 unspecified atom stereocenters. The minimum atomic E-state index is 0.0830. The first-order valence-electron chi connectivity index (χ1n) is 9.54. The zero-order chi connectivity index (χ0) is 16.9. The zero-order valence-corrected chi connectivity index (χ0v) is 15.1. The number of piperidine rings is 1. The Bertz CT molecular complexity index is 566. The van der Waals surface area contributed by atoms with Crippen LogP contribution in [0.2, 0.25) is 0 Å². The van der Waals surface area contributed by atoms with Gasteiger partial charge in [0.25, 0.3) is 0 Å². The predicted molar refractivity (Wildman–Crippen MR) is 96.1 cm³/mol. The van der Waals surface area contributed by atoms with Crippen molar-refractivity contribution in [1.82, 2.24) is 15.3 Å². The smallest absolute Gasteiger partial charge is 0.225 e. The number of nitrogens with one attached hydrogen (secondary N) is 1. The molecular weight excluding hydrogens is 300 g/mol. The molecule has 1 aliphatic heterocycles. The Morgan fingerprint density at radius 3 is 2.88 bits per heavy atom. The summed E-state index contributed by atoms with van der Waals surface area (Å²) in [5, 5.41) is 3.06. The van der Waals surface area contributed by atoms with Crippen LogP contribution < -0.4 is 10.2 Å². The van der Waals surface area contributed by atoms with Gasteiger partial charge in [0.05, 0.1) is 0 Å². The van der Waals surface area contributed by atoms with Crippen molar-refractivity contribution in [1.29, 1.82) is 0 Å². The highest BCUT2D eigenvalue weighted by atomic mass is 16.1. The lowest BCUT2D eigenvalue weighted by molar-refractivity contribution is -0.125. The quantitative estimate of drug-likeness (QED) is 0.844. The normalized spacial score (nSPS) is 21.4. The summed E-state index contributed by atoms with van der Waals surface area (Å²) in [4.78, 5) is 24.0. The number of aromatic nitrogens is 2. The van der Waals surface area contributed by atoms with E-state index in [0.29, 0.717) is 0 Å². The Hall–Kier alpha value is -1.65. The van der Waals surface area contributed by atoms with Gasteiger partial charge < -0.3 is 10.2 Å². The van der Waals surface area contributed by atoms with Gasteiger partial charge in [-0.15, -0.1) is 0 Å². The average molecular weight is 330 g/mol. The van der Waals surface area contributed by atoms with Crippen molar-refractivity contribution < 1.29 is 4.79 Å². The van der Waals surface area contributed by atoms with Gasteiger partial charge in [0.1, 0.15) is 0 Å². The largest absolute Gasteiger partial charge is 0.356 e. The Balaban J connectivity index is 1.61. The van der Waals surface area contributed by atoms with Crippen LogP contribution in [0.5, 0.6) is 0 Å². The number of carbonyl (C=O) groups excluding carboxylic acids is 1. The minimum absolute atomic E-state index is 0.0830. The second-order valence-corrected chi connectivity index (χ2v) is 7.40. The van der Waals surface area contributed by atoms with Crippen LogP contribution in [0.25, 0.3) is 0 Å². The lowest BCUT2D eigenvalue weighted by atomic mass is 9.86. The first-order chi connectivity index (χ1) is 11.7. The molecule has 1 aliphatic carbocycles. The highest BCUT2D eigenvalue weighted by Gasteiger charge is 2.27. The number of amides is 1. The molecule has 2 aliphatic rings. The molecule has 1 atom stereocenters. The maximum absolute atomic E-state index is 12.3. The number of nitrogens with zero attached hydrogens (tertiary/aromatic N) is 3. The van der Waals surface area contributed by atoms with Crippen molar-refractivity contribution >= 4 is 11.9 Å². The fourth-order valence-electron chi connectivity index (χ4n) is 3.61. The molecule has 1 fully saturated rings. The minimum Gasteiger partial charge on any atom is -0.356 e. The molecule has 0 aromatic carbocycles. The molecule has 1 N–H and O–H groups in total. The molecule has 0 radical (unpaired) electrons. The summed E-state index contributed by atoms with van der Waals surface area (Å²) >= 11 is 0. The average Bonchev–Trinajstić information content (AvgIpc) is 2.61. The third-order valence-electron chi connectivity index (χ3n) is 5.40. The van der Waals surface area contributed by atoms with Crippen LogP contribution in [0.4, 0.5) is 5.95 Å². The van der Waals surface area contributed by atoms with Crippen molar-refractivity contribution in [2.24, 2.45) is 11.8 Å². The molecule has 2 heterocycles. The van der Waals surface area contributed by atoms with Gasteiger partial charge in [0.2, 0.25) is 11.9 Å². The van der Waals surface area contributed by atoms with Gasteiger partial charge in [-0.05, 0) is 50.0 Å². The second-order valence-electron chi connectivity index (χ2n) is 7.40. The first-order valence-corrected chi connectivity index (χ1v) is 9.54. The van der Waals surface area contributed by atoms with Gasteiger partial charge in [-0.2, -0.15) is 0 Å². The Morgan fingerprint density at radius 1 is 1.33 bits per heavy atom. The highest BCUT2D eigenvalue weighted by molar-refractivity contribution is 5.79. The first kappa shape index (κ1) is 17.2. The molecule has 3 rings (SSSR count). The maximum Gasteiger partial charge on any atom is 0.225 e. The molecule has 1 saturated heterocycles.